The lowest BCUT2D eigenvalue weighted by molar-refractivity contribution is -0.119. The van der Waals surface area contributed by atoms with Crippen LogP contribution in [0.3, 0.4) is 0 Å². The molecule has 0 aromatic carbocycles. The highest BCUT2D eigenvalue weighted by atomic mass is 16.1. The van der Waals surface area contributed by atoms with Crippen LogP contribution in [0.15, 0.2) is 12.2 Å². The maximum absolute atomic E-state index is 12.0. The summed E-state index contributed by atoms with van der Waals surface area (Å²) in [6.07, 6.45) is 11.1. The van der Waals surface area contributed by atoms with Crippen molar-refractivity contribution in [3.8, 4) is 0 Å². The van der Waals surface area contributed by atoms with Crippen LogP contribution in [0, 0.1) is 0 Å². The Kier molecular flexibility index (Phi) is 5.61. The van der Waals surface area contributed by atoms with E-state index in [2.05, 4.69) is 15.1 Å². The summed E-state index contributed by atoms with van der Waals surface area (Å²) in [5, 5.41) is 3.26. The van der Waals surface area contributed by atoms with Gasteiger partial charge in [0.05, 0.1) is 5.54 Å². The highest BCUT2D eigenvalue weighted by molar-refractivity contribution is 5.88. The van der Waals surface area contributed by atoms with Gasteiger partial charge in [-0.15, -0.1) is 0 Å². The lowest BCUT2D eigenvalue weighted by Crippen LogP contribution is -2.60. The normalized spacial score (nSPS) is 22.9. The number of carbonyl (C=O) groups excluding carboxylic acids is 1. The van der Waals surface area contributed by atoms with Crippen LogP contribution in [0.4, 0.5) is 0 Å². The van der Waals surface area contributed by atoms with E-state index in [1.165, 1.54) is 38.8 Å². The van der Waals surface area contributed by atoms with Crippen molar-refractivity contribution < 1.29 is 4.79 Å². The molecule has 20 heavy (non-hydrogen) atoms. The lowest BCUT2D eigenvalue weighted by Gasteiger charge is -2.46. The van der Waals surface area contributed by atoms with Gasteiger partial charge in [0, 0.05) is 19.2 Å². The molecule has 1 aliphatic carbocycles. The van der Waals surface area contributed by atoms with E-state index in [1.807, 2.05) is 20.2 Å². The number of carbonyl (C=O) groups is 1. The standard InChI is InChI=1S/C16H29N3O/c1-18(2)11-6-8-15(20)17-16(9-7-10-16)14-19-12-4-3-5-13-19/h6,8H,3-5,7,9-14H2,1-2H3,(H,17,20)/b8-6+. The first-order chi connectivity index (χ1) is 9.60. The van der Waals surface area contributed by atoms with E-state index in [0.717, 1.165) is 25.9 Å². The molecule has 0 bridgehead atoms. The van der Waals surface area contributed by atoms with E-state index in [4.69, 9.17) is 0 Å². The minimum atomic E-state index is 0.0525. The summed E-state index contributed by atoms with van der Waals surface area (Å²) < 4.78 is 0. The molecule has 1 heterocycles. The van der Waals surface area contributed by atoms with Crippen molar-refractivity contribution in [3.05, 3.63) is 12.2 Å². The van der Waals surface area contributed by atoms with Crippen LogP contribution in [0.1, 0.15) is 38.5 Å². The Hall–Kier alpha value is -0.870. The number of likely N-dealkylation sites (tertiary alicyclic amines) is 1. The fraction of sp³-hybridized carbons (Fsp3) is 0.812. The van der Waals surface area contributed by atoms with Crippen LogP contribution >= 0.6 is 0 Å². The van der Waals surface area contributed by atoms with Gasteiger partial charge in [-0.1, -0.05) is 12.5 Å². The molecule has 1 N–H and O–H groups in total. The molecule has 0 unspecified atom stereocenters. The number of nitrogens with zero attached hydrogens (tertiary/aromatic N) is 2. The zero-order valence-electron chi connectivity index (χ0n) is 13.0. The predicted molar refractivity (Wildman–Crippen MR) is 82.7 cm³/mol. The quantitative estimate of drug-likeness (QED) is 0.751. The SMILES string of the molecule is CN(C)C/C=C/C(=O)NC1(CN2CCCCC2)CCC1. The van der Waals surface area contributed by atoms with Gasteiger partial charge in [0.15, 0.2) is 0 Å². The number of likely N-dealkylation sites (N-methyl/N-ethyl adjacent to an activating group) is 1. The van der Waals surface area contributed by atoms with Crippen LogP contribution < -0.4 is 5.32 Å². The van der Waals surface area contributed by atoms with Crippen molar-refractivity contribution in [1.29, 1.82) is 0 Å². The Morgan fingerprint density at radius 2 is 1.90 bits per heavy atom. The molecule has 0 spiro atoms. The Morgan fingerprint density at radius 3 is 2.45 bits per heavy atom. The molecular formula is C16H29N3O. The minimum absolute atomic E-state index is 0.0525. The average Bonchev–Trinajstić information content (AvgIpc) is 2.37. The zero-order valence-corrected chi connectivity index (χ0v) is 13.0. The smallest absolute Gasteiger partial charge is 0.244 e. The van der Waals surface area contributed by atoms with E-state index in [0.29, 0.717) is 0 Å². The number of nitrogens with one attached hydrogen (secondary N) is 1. The van der Waals surface area contributed by atoms with E-state index in [1.54, 1.807) is 6.08 Å². The first kappa shape index (κ1) is 15.5. The van der Waals surface area contributed by atoms with Gasteiger partial charge >= 0.3 is 0 Å². The third-order valence-electron chi connectivity index (χ3n) is 4.41. The molecule has 4 heteroatoms. The Bertz CT molecular complexity index is 342. The Balaban J connectivity index is 1.81. The molecule has 2 rings (SSSR count). The highest BCUT2D eigenvalue weighted by Crippen LogP contribution is 2.33. The zero-order chi connectivity index (χ0) is 14.4. The fourth-order valence-corrected chi connectivity index (χ4v) is 3.15. The molecule has 1 saturated carbocycles. The molecule has 2 fully saturated rings. The first-order valence-electron chi connectivity index (χ1n) is 7.95. The van der Waals surface area contributed by atoms with Gasteiger partial charge < -0.3 is 15.1 Å². The summed E-state index contributed by atoms with van der Waals surface area (Å²) in [7, 11) is 4.01. The fourth-order valence-electron chi connectivity index (χ4n) is 3.15. The number of piperidine rings is 1. The van der Waals surface area contributed by atoms with Crippen molar-refractivity contribution in [2.75, 3.05) is 40.3 Å². The Labute approximate surface area is 123 Å². The van der Waals surface area contributed by atoms with Crippen LogP contribution in [-0.2, 0) is 4.79 Å². The molecule has 2 aliphatic rings. The average molecular weight is 279 g/mol. The van der Waals surface area contributed by atoms with Gasteiger partial charge in [-0.2, -0.15) is 0 Å². The molecule has 114 valence electrons. The summed E-state index contributed by atoms with van der Waals surface area (Å²) >= 11 is 0. The number of amides is 1. The summed E-state index contributed by atoms with van der Waals surface area (Å²) in [4.78, 5) is 16.6. The number of rotatable bonds is 6. The van der Waals surface area contributed by atoms with Crippen LogP contribution in [0.2, 0.25) is 0 Å². The maximum Gasteiger partial charge on any atom is 0.244 e. The lowest BCUT2D eigenvalue weighted by atomic mass is 9.76. The van der Waals surface area contributed by atoms with Gasteiger partial charge in [0.2, 0.25) is 5.91 Å². The van der Waals surface area contributed by atoms with Crippen molar-refractivity contribution in [3.63, 3.8) is 0 Å². The molecule has 0 atom stereocenters. The van der Waals surface area contributed by atoms with E-state index in [9.17, 15) is 4.79 Å². The predicted octanol–water partition coefficient (Wildman–Crippen LogP) is 1.63. The second kappa shape index (κ2) is 7.23. The minimum Gasteiger partial charge on any atom is -0.346 e. The second-order valence-electron chi connectivity index (χ2n) is 6.62. The monoisotopic (exact) mass is 279 g/mol. The molecule has 1 aliphatic heterocycles. The summed E-state index contributed by atoms with van der Waals surface area (Å²) in [5.74, 6) is 0.0727. The van der Waals surface area contributed by atoms with Crippen LogP contribution in [0.25, 0.3) is 0 Å². The van der Waals surface area contributed by atoms with Crippen molar-refractivity contribution in [1.82, 2.24) is 15.1 Å². The van der Waals surface area contributed by atoms with Gasteiger partial charge in [0.25, 0.3) is 0 Å². The number of hydrogen-bond acceptors (Lipinski definition) is 3. The van der Waals surface area contributed by atoms with Gasteiger partial charge in [-0.05, 0) is 59.3 Å². The molecule has 4 nitrogen and oxygen atoms in total. The van der Waals surface area contributed by atoms with Crippen molar-refractivity contribution in [2.45, 2.75) is 44.1 Å². The third kappa shape index (κ3) is 4.60. The summed E-state index contributed by atoms with van der Waals surface area (Å²) in [6, 6.07) is 0. The van der Waals surface area contributed by atoms with Gasteiger partial charge in [0.1, 0.15) is 0 Å². The molecule has 0 radical (unpaired) electrons. The highest BCUT2D eigenvalue weighted by Gasteiger charge is 2.39. The van der Waals surface area contributed by atoms with Crippen molar-refractivity contribution in [2.24, 2.45) is 0 Å². The second-order valence-corrected chi connectivity index (χ2v) is 6.62. The summed E-state index contributed by atoms with van der Waals surface area (Å²) in [6.45, 7) is 4.26. The third-order valence-corrected chi connectivity index (χ3v) is 4.41. The van der Waals surface area contributed by atoms with Crippen LogP contribution in [-0.4, -0.2) is 61.5 Å². The van der Waals surface area contributed by atoms with E-state index < -0.39 is 0 Å². The largest absolute Gasteiger partial charge is 0.346 e. The molecule has 0 aromatic heterocycles. The van der Waals surface area contributed by atoms with Gasteiger partial charge in [-0.3, -0.25) is 4.79 Å². The molecule has 1 saturated heterocycles. The number of hydrogen-bond donors (Lipinski definition) is 1. The molecule has 0 aromatic rings. The topological polar surface area (TPSA) is 35.6 Å². The maximum atomic E-state index is 12.0. The first-order valence-corrected chi connectivity index (χ1v) is 7.95. The van der Waals surface area contributed by atoms with Crippen molar-refractivity contribution >= 4 is 5.91 Å². The Morgan fingerprint density at radius 1 is 1.20 bits per heavy atom. The molecular weight excluding hydrogens is 250 g/mol. The summed E-state index contributed by atoms with van der Waals surface area (Å²) in [5.41, 5.74) is 0.0525. The van der Waals surface area contributed by atoms with E-state index >= 15 is 0 Å². The van der Waals surface area contributed by atoms with Gasteiger partial charge in [-0.25, -0.2) is 0 Å². The van der Waals surface area contributed by atoms with E-state index in [-0.39, 0.29) is 11.4 Å². The molecule has 1 amide bonds. The van der Waals surface area contributed by atoms with Crippen LogP contribution in [0.5, 0.6) is 0 Å².